The first-order valence-corrected chi connectivity index (χ1v) is 5.07. The van der Waals surface area contributed by atoms with Gasteiger partial charge in [-0.05, 0) is 19.1 Å². The highest BCUT2D eigenvalue weighted by atomic mass is 35.5. The normalized spacial score (nSPS) is 18.2. The van der Waals surface area contributed by atoms with Crippen molar-refractivity contribution >= 4 is 17.6 Å². The molecule has 0 amide bonds. The molecule has 3 nitrogen and oxygen atoms in total. The zero-order valence-corrected chi connectivity index (χ0v) is 9.30. The van der Waals surface area contributed by atoms with Crippen molar-refractivity contribution in [3.63, 3.8) is 0 Å². The van der Waals surface area contributed by atoms with Crippen molar-refractivity contribution in [3.05, 3.63) is 28.3 Å². The molecule has 1 atom stereocenters. The molecule has 0 radical (unpaired) electrons. The fourth-order valence-electron chi connectivity index (χ4n) is 1.75. The zero-order valence-electron chi connectivity index (χ0n) is 8.54. The summed E-state index contributed by atoms with van der Waals surface area (Å²) in [5.74, 6) is 0.196. The minimum Gasteiger partial charge on any atom is -0.489 e. The Morgan fingerprint density at radius 2 is 2.33 bits per heavy atom. The molecule has 1 unspecified atom stereocenters. The van der Waals surface area contributed by atoms with Crippen LogP contribution in [0.25, 0.3) is 0 Å². The molecule has 0 bridgehead atoms. The number of fused-ring (bicyclic) bond motifs is 1. The van der Waals surface area contributed by atoms with E-state index in [4.69, 9.17) is 16.3 Å². The minimum absolute atomic E-state index is 0.0851. The largest absolute Gasteiger partial charge is 0.489 e. The summed E-state index contributed by atoms with van der Waals surface area (Å²) >= 11 is 5.91. The number of rotatable bonds is 1. The molecule has 0 spiro atoms. The molecule has 0 aromatic heterocycles. The van der Waals surface area contributed by atoms with Crippen LogP contribution in [-0.2, 0) is 11.2 Å². The Hall–Kier alpha value is -1.22. The van der Waals surface area contributed by atoms with Crippen LogP contribution >= 0.6 is 11.6 Å². The maximum atomic E-state index is 11.5. The lowest BCUT2D eigenvalue weighted by atomic mass is 10.1. The molecule has 0 saturated carbocycles. The number of hydrogen-bond acceptors (Lipinski definition) is 3. The van der Waals surface area contributed by atoms with Gasteiger partial charge in [0.2, 0.25) is 0 Å². The lowest BCUT2D eigenvalue weighted by Gasteiger charge is -2.07. The first-order chi connectivity index (χ1) is 7.11. The smallest absolute Gasteiger partial charge is 0.341 e. The van der Waals surface area contributed by atoms with Crippen molar-refractivity contribution in [2.75, 3.05) is 7.11 Å². The number of methoxy groups -OCH3 is 1. The van der Waals surface area contributed by atoms with Crippen LogP contribution in [0.5, 0.6) is 5.75 Å². The first kappa shape index (κ1) is 10.3. The molecule has 80 valence electrons. The molecule has 1 aromatic rings. The third-order valence-electron chi connectivity index (χ3n) is 2.36. The highest BCUT2D eigenvalue weighted by Gasteiger charge is 2.26. The van der Waals surface area contributed by atoms with Gasteiger partial charge in [-0.1, -0.05) is 11.6 Å². The molecule has 0 saturated heterocycles. The molecular formula is C11H11ClO3. The molecule has 4 heteroatoms. The van der Waals surface area contributed by atoms with E-state index in [9.17, 15) is 4.79 Å². The van der Waals surface area contributed by atoms with Gasteiger partial charge in [0.25, 0.3) is 0 Å². The number of carbonyl (C=O) groups is 1. The van der Waals surface area contributed by atoms with Crippen LogP contribution in [0.4, 0.5) is 0 Å². The van der Waals surface area contributed by atoms with E-state index in [-0.39, 0.29) is 6.10 Å². The SMILES string of the molecule is COC(=O)c1cc(Cl)cc2c1OC(C)C2. The van der Waals surface area contributed by atoms with Gasteiger partial charge in [0, 0.05) is 17.0 Å². The number of hydrogen-bond donors (Lipinski definition) is 0. The van der Waals surface area contributed by atoms with Crippen molar-refractivity contribution in [1.82, 2.24) is 0 Å². The third-order valence-corrected chi connectivity index (χ3v) is 2.58. The van der Waals surface area contributed by atoms with E-state index in [2.05, 4.69) is 4.74 Å². The summed E-state index contributed by atoms with van der Waals surface area (Å²) in [5.41, 5.74) is 1.37. The second-order valence-corrected chi connectivity index (χ2v) is 4.00. The van der Waals surface area contributed by atoms with Gasteiger partial charge in [-0.25, -0.2) is 4.79 Å². The maximum Gasteiger partial charge on any atom is 0.341 e. The van der Waals surface area contributed by atoms with Crippen LogP contribution in [0.1, 0.15) is 22.8 Å². The molecule has 2 rings (SSSR count). The van der Waals surface area contributed by atoms with Crippen molar-refractivity contribution in [2.45, 2.75) is 19.4 Å². The Morgan fingerprint density at radius 3 is 3.00 bits per heavy atom. The van der Waals surface area contributed by atoms with Crippen LogP contribution in [0, 0.1) is 0 Å². The molecule has 0 N–H and O–H groups in total. The standard InChI is InChI=1S/C11H11ClO3/c1-6-3-7-4-8(12)5-9(10(7)15-6)11(13)14-2/h4-6H,3H2,1-2H3. The van der Waals surface area contributed by atoms with E-state index in [1.165, 1.54) is 7.11 Å². The Morgan fingerprint density at radius 1 is 1.60 bits per heavy atom. The van der Waals surface area contributed by atoms with Crippen molar-refractivity contribution < 1.29 is 14.3 Å². The molecule has 1 heterocycles. The summed E-state index contributed by atoms with van der Waals surface area (Å²) in [6.07, 6.45) is 0.863. The Bertz CT molecular complexity index is 415. The van der Waals surface area contributed by atoms with Gasteiger partial charge >= 0.3 is 5.97 Å². The average molecular weight is 227 g/mol. The zero-order chi connectivity index (χ0) is 11.0. The molecule has 1 aliphatic heterocycles. The van der Waals surface area contributed by atoms with Gasteiger partial charge < -0.3 is 9.47 Å². The monoisotopic (exact) mass is 226 g/mol. The number of halogens is 1. The molecule has 1 aliphatic rings. The molecular weight excluding hydrogens is 216 g/mol. The first-order valence-electron chi connectivity index (χ1n) is 4.69. The number of carbonyl (C=O) groups excluding carboxylic acids is 1. The number of esters is 1. The van der Waals surface area contributed by atoms with Gasteiger partial charge in [-0.15, -0.1) is 0 Å². The number of ether oxygens (including phenoxy) is 2. The maximum absolute atomic E-state index is 11.5. The summed E-state index contributed by atoms with van der Waals surface area (Å²) in [7, 11) is 1.34. The van der Waals surface area contributed by atoms with Gasteiger partial charge in [0.1, 0.15) is 17.4 Å². The average Bonchev–Trinajstić information content (AvgIpc) is 2.55. The van der Waals surface area contributed by atoms with E-state index in [1.807, 2.05) is 13.0 Å². The molecule has 0 aliphatic carbocycles. The van der Waals surface area contributed by atoms with Crippen LogP contribution < -0.4 is 4.74 Å². The van der Waals surface area contributed by atoms with Crippen LogP contribution in [0.3, 0.4) is 0 Å². The fourth-order valence-corrected chi connectivity index (χ4v) is 2.00. The summed E-state index contributed by atoms with van der Waals surface area (Å²) in [5, 5.41) is 0.534. The lowest BCUT2D eigenvalue weighted by Crippen LogP contribution is -2.08. The number of benzene rings is 1. The Kier molecular flexibility index (Phi) is 2.57. The summed E-state index contributed by atoms with van der Waals surface area (Å²) in [6, 6.07) is 3.40. The molecule has 0 fully saturated rings. The van der Waals surface area contributed by atoms with Crippen molar-refractivity contribution in [1.29, 1.82) is 0 Å². The summed E-state index contributed by atoms with van der Waals surface area (Å²) in [6.45, 7) is 1.95. The predicted molar refractivity (Wildman–Crippen MR) is 56.6 cm³/mol. The predicted octanol–water partition coefficient (Wildman–Crippen LogP) is 2.45. The van der Waals surface area contributed by atoms with Crippen LogP contribution in [-0.4, -0.2) is 19.2 Å². The fraction of sp³-hybridized carbons (Fsp3) is 0.364. The van der Waals surface area contributed by atoms with Crippen molar-refractivity contribution in [3.8, 4) is 5.75 Å². The second kappa shape index (κ2) is 3.74. The van der Waals surface area contributed by atoms with Gasteiger partial charge in [-0.3, -0.25) is 0 Å². The van der Waals surface area contributed by atoms with Gasteiger partial charge in [0.15, 0.2) is 0 Å². The summed E-state index contributed by atoms with van der Waals surface area (Å²) in [4.78, 5) is 11.5. The van der Waals surface area contributed by atoms with E-state index in [0.717, 1.165) is 12.0 Å². The van der Waals surface area contributed by atoms with E-state index in [0.29, 0.717) is 16.3 Å². The van der Waals surface area contributed by atoms with Crippen molar-refractivity contribution in [2.24, 2.45) is 0 Å². The van der Waals surface area contributed by atoms with Gasteiger partial charge in [0.05, 0.1) is 7.11 Å². The topological polar surface area (TPSA) is 35.5 Å². The van der Waals surface area contributed by atoms with Gasteiger partial charge in [-0.2, -0.15) is 0 Å². The molecule has 1 aromatic carbocycles. The van der Waals surface area contributed by atoms with E-state index >= 15 is 0 Å². The highest BCUT2D eigenvalue weighted by Crippen LogP contribution is 2.35. The van der Waals surface area contributed by atoms with E-state index in [1.54, 1.807) is 6.07 Å². The third kappa shape index (κ3) is 1.79. The van der Waals surface area contributed by atoms with Crippen LogP contribution in [0.15, 0.2) is 12.1 Å². The minimum atomic E-state index is -0.414. The Labute approximate surface area is 92.9 Å². The summed E-state index contributed by atoms with van der Waals surface area (Å²) < 4.78 is 10.2. The second-order valence-electron chi connectivity index (χ2n) is 3.57. The quantitative estimate of drug-likeness (QED) is 0.690. The molecule has 15 heavy (non-hydrogen) atoms. The lowest BCUT2D eigenvalue weighted by molar-refractivity contribution is 0.0595. The van der Waals surface area contributed by atoms with Crippen LogP contribution in [0.2, 0.25) is 5.02 Å². The Balaban J connectivity index is 2.52. The highest BCUT2D eigenvalue weighted by molar-refractivity contribution is 6.31. The van der Waals surface area contributed by atoms with E-state index < -0.39 is 5.97 Å².